The Morgan fingerprint density at radius 1 is 1.47 bits per heavy atom. The second-order valence-electron chi connectivity index (χ2n) is 4.20. The lowest BCUT2D eigenvalue weighted by Crippen LogP contribution is -2.51. The van der Waals surface area contributed by atoms with Gasteiger partial charge in [0.25, 0.3) is 0 Å². The Morgan fingerprint density at radius 2 is 2.07 bits per heavy atom. The van der Waals surface area contributed by atoms with Crippen molar-refractivity contribution in [3.8, 4) is 5.75 Å². The van der Waals surface area contributed by atoms with Crippen molar-refractivity contribution in [1.29, 1.82) is 0 Å². The molecule has 15 heavy (non-hydrogen) atoms. The molecule has 1 atom stereocenters. The predicted molar refractivity (Wildman–Crippen MR) is 63.1 cm³/mol. The summed E-state index contributed by atoms with van der Waals surface area (Å²) >= 11 is 5.86. The molecule has 1 rings (SSSR count). The molecule has 0 amide bonds. The first-order chi connectivity index (χ1) is 6.83. The molecule has 3 nitrogen and oxygen atoms in total. The second kappa shape index (κ2) is 4.39. The molecule has 0 saturated carbocycles. The van der Waals surface area contributed by atoms with E-state index in [-0.39, 0.29) is 5.75 Å². The van der Waals surface area contributed by atoms with E-state index in [4.69, 9.17) is 17.3 Å². The van der Waals surface area contributed by atoms with Crippen molar-refractivity contribution in [2.45, 2.75) is 19.0 Å². The summed E-state index contributed by atoms with van der Waals surface area (Å²) in [6.45, 7) is 1.91. The van der Waals surface area contributed by atoms with Crippen molar-refractivity contribution in [2.75, 3.05) is 14.1 Å². The first-order valence-corrected chi connectivity index (χ1v) is 5.14. The maximum Gasteiger partial charge on any atom is 0.118 e. The number of hydrogen-bond acceptors (Lipinski definition) is 3. The Labute approximate surface area is 95.5 Å². The van der Waals surface area contributed by atoms with Crippen LogP contribution in [-0.4, -0.2) is 29.8 Å². The summed E-state index contributed by atoms with van der Waals surface area (Å²) < 4.78 is 0. The Morgan fingerprint density at radius 3 is 2.60 bits per heavy atom. The van der Waals surface area contributed by atoms with Crippen LogP contribution >= 0.6 is 11.6 Å². The molecule has 0 aliphatic heterocycles. The molecule has 4 heteroatoms. The third-order valence-electron chi connectivity index (χ3n) is 2.61. The summed E-state index contributed by atoms with van der Waals surface area (Å²) in [7, 11) is 3.81. The fourth-order valence-corrected chi connectivity index (χ4v) is 1.43. The van der Waals surface area contributed by atoms with Crippen LogP contribution in [0.4, 0.5) is 0 Å². The van der Waals surface area contributed by atoms with Gasteiger partial charge in [-0.15, -0.1) is 0 Å². The Bertz CT molecular complexity index is 350. The number of benzene rings is 1. The molecule has 1 aromatic carbocycles. The molecule has 84 valence electrons. The molecule has 0 heterocycles. The number of phenolic OH excluding ortho intramolecular Hbond substituents is 1. The van der Waals surface area contributed by atoms with Gasteiger partial charge in [0.15, 0.2) is 0 Å². The van der Waals surface area contributed by atoms with Crippen LogP contribution in [0.15, 0.2) is 18.2 Å². The highest BCUT2D eigenvalue weighted by Gasteiger charge is 2.22. The van der Waals surface area contributed by atoms with E-state index in [0.29, 0.717) is 11.4 Å². The molecule has 1 aromatic rings. The maximum atomic E-state index is 9.65. The molecule has 0 aliphatic rings. The second-order valence-corrected chi connectivity index (χ2v) is 4.64. The normalized spacial score (nSPS) is 15.3. The van der Waals surface area contributed by atoms with Gasteiger partial charge in [-0.3, -0.25) is 4.90 Å². The molecule has 0 spiro atoms. The van der Waals surface area contributed by atoms with Gasteiger partial charge in [-0.25, -0.2) is 0 Å². The van der Waals surface area contributed by atoms with Crippen LogP contribution in [-0.2, 0) is 6.42 Å². The summed E-state index contributed by atoms with van der Waals surface area (Å²) in [6, 6.07) is 4.98. The minimum Gasteiger partial charge on any atom is -0.508 e. The third kappa shape index (κ3) is 3.09. The van der Waals surface area contributed by atoms with Crippen LogP contribution in [0, 0.1) is 0 Å². The maximum absolute atomic E-state index is 9.65. The van der Waals surface area contributed by atoms with E-state index in [1.54, 1.807) is 18.2 Å². The molecular formula is C11H17ClN2O. The van der Waals surface area contributed by atoms with E-state index in [0.717, 1.165) is 5.56 Å². The Kier molecular flexibility index (Phi) is 3.60. The first kappa shape index (κ1) is 12.3. The van der Waals surface area contributed by atoms with Crippen molar-refractivity contribution < 1.29 is 5.11 Å². The summed E-state index contributed by atoms with van der Waals surface area (Å²) in [5.74, 6) is 0.234. The minimum absolute atomic E-state index is 0.234. The predicted octanol–water partition coefficient (Wildman–Crippen LogP) is 1.82. The van der Waals surface area contributed by atoms with Crippen LogP contribution in [0.2, 0.25) is 5.02 Å². The summed E-state index contributed by atoms with van der Waals surface area (Å²) in [6.07, 6.45) is 0.548. The molecular weight excluding hydrogens is 212 g/mol. The minimum atomic E-state index is -0.498. The Balaban J connectivity index is 2.94. The van der Waals surface area contributed by atoms with Crippen molar-refractivity contribution in [2.24, 2.45) is 5.73 Å². The van der Waals surface area contributed by atoms with E-state index in [2.05, 4.69) is 0 Å². The van der Waals surface area contributed by atoms with Gasteiger partial charge in [-0.1, -0.05) is 11.6 Å². The molecule has 0 aliphatic carbocycles. The van der Waals surface area contributed by atoms with Gasteiger partial charge in [0.05, 0.1) is 5.66 Å². The van der Waals surface area contributed by atoms with Crippen molar-refractivity contribution in [3.63, 3.8) is 0 Å². The van der Waals surface area contributed by atoms with E-state index in [1.807, 2.05) is 25.9 Å². The van der Waals surface area contributed by atoms with E-state index in [1.165, 1.54) is 0 Å². The lowest BCUT2D eigenvalue weighted by Gasteiger charge is -2.32. The molecule has 3 N–H and O–H groups in total. The zero-order chi connectivity index (χ0) is 11.6. The highest BCUT2D eigenvalue weighted by atomic mass is 35.5. The first-order valence-electron chi connectivity index (χ1n) is 4.76. The standard InChI is InChI=1S/C11H17ClN2O/c1-11(13,14(2)3)7-8-6-9(12)4-5-10(8)15/h4-6,15H,7,13H2,1-3H3. The van der Waals surface area contributed by atoms with Gasteiger partial charge in [0, 0.05) is 11.4 Å². The van der Waals surface area contributed by atoms with Crippen LogP contribution < -0.4 is 5.73 Å². The van der Waals surface area contributed by atoms with Crippen molar-refractivity contribution in [3.05, 3.63) is 28.8 Å². The molecule has 0 aromatic heterocycles. The highest BCUT2D eigenvalue weighted by Crippen LogP contribution is 2.25. The molecule has 1 unspecified atom stereocenters. The number of halogens is 1. The molecule has 0 fully saturated rings. The van der Waals surface area contributed by atoms with E-state index in [9.17, 15) is 5.11 Å². The zero-order valence-corrected chi connectivity index (χ0v) is 10.0. The van der Waals surface area contributed by atoms with Crippen LogP contribution in [0.1, 0.15) is 12.5 Å². The lowest BCUT2D eigenvalue weighted by molar-refractivity contribution is 0.179. The topological polar surface area (TPSA) is 49.5 Å². The molecule has 0 bridgehead atoms. The average molecular weight is 229 g/mol. The fourth-order valence-electron chi connectivity index (χ4n) is 1.24. The summed E-state index contributed by atoms with van der Waals surface area (Å²) in [4.78, 5) is 1.91. The van der Waals surface area contributed by atoms with Crippen LogP contribution in [0.25, 0.3) is 0 Å². The van der Waals surface area contributed by atoms with Gasteiger partial charge in [0.1, 0.15) is 5.75 Å². The van der Waals surface area contributed by atoms with Crippen LogP contribution in [0.3, 0.4) is 0 Å². The van der Waals surface area contributed by atoms with Crippen molar-refractivity contribution in [1.82, 2.24) is 4.90 Å². The SMILES string of the molecule is CN(C)C(C)(N)Cc1cc(Cl)ccc1O. The summed E-state index contributed by atoms with van der Waals surface area (Å²) in [5, 5.41) is 10.3. The largest absolute Gasteiger partial charge is 0.508 e. The van der Waals surface area contributed by atoms with Gasteiger partial charge in [-0.05, 0) is 44.8 Å². The van der Waals surface area contributed by atoms with Gasteiger partial charge < -0.3 is 10.8 Å². The number of nitrogens with two attached hydrogens (primary N) is 1. The van der Waals surface area contributed by atoms with Gasteiger partial charge >= 0.3 is 0 Å². The average Bonchev–Trinajstić information content (AvgIpc) is 2.10. The van der Waals surface area contributed by atoms with E-state index < -0.39 is 5.66 Å². The molecule has 0 saturated heterocycles. The highest BCUT2D eigenvalue weighted by molar-refractivity contribution is 6.30. The number of rotatable bonds is 3. The quantitative estimate of drug-likeness (QED) is 0.776. The fraction of sp³-hybridized carbons (Fsp3) is 0.455. The lowest BCUT2D eigenvalue weighted by atomic mass is 10.0. The third-order valence-corrected chi connectivity index (χ3v) is 2.85. The number of nitrogens with zero attached hydrogens (tertiary/aromatic N) is 1. The van der Waals surface area contributed by atoms with Gasteiger partial charge in [-0.2, -0.15) is 0 Å². The summed E-state index contributed by atoms with van der Waals surface area (Å²) in [5.41, 5.74) is 6.35. The number of phenols is 1. The Hall–Kier alpha value is -0.770. The number of aromatic hydroxyl groups is 1. The van der Waals surface area contributed by atoms with Crippen LogP contribution in [0.5, 0.6) is 5.75 Å². The van der Waals surface area contributed by atoms with Gasteiger partial charge in [0.2, 0.25) is 0 Å². The number of likely N-dealkylation sites (N-methyl/N-ethyl adjacent to an activating group) is 1. The molecule has 0 radical (unpaired) electrons. The smallest absolute Gasteiger partial charge is 0.118 e. The number of hydrogen-bond donors (Lipinski definition) is 2. The van der Waals surface area contributed by atoms with Crippen molar-refractivity contribution >= 4 is 11.6 Å². The monoisotopic (exact) mass is 228 g/mol. The van der Waals surface area contributed by atoms with E-state index >= 15 is 0 Å². The zero-order valence-electron chi connectivity index (χ0n) is 9.29.